The summed E-state index contributed by atoms with van der Waals surface area (Å²) in [4.78, 5) is 8.19. The Hall–Kier alpha value is -4.32. The number of hydrogen-bond donors (Lipinski definition) is 2. The fourth-order valence-electron chi connectivity index (χ4n) is 3.65. The molecule has 0 radical (unpaired) electrons. The number of nitrogens with one attached hydrogen (secondary N) is 2. The number of rotatable bonds is 8. The van der Waals surface area contributed by atoms with Crippen molar-refractivity contribution in [3.05, 3.63) is 126 Å². The fourth-order valence-corrected chi connectivity index (χ4v) is 3.65. The van der Waals surface area contributed by atoms with Crippen molar-refractivity contribution in [3.63, 3.8) is 0 Å². The number of hydrogen-bond acceptors (Lipinski definition) is 4. The molecule has 0 aliphatic heterocycles. The molecule has 0 amide bonds. The molecule has 0 bridgehead atoms. The standard InChI is InChI=1S/C28H24F2N4/c1-18(19(2)34-28-26(30)14-24(29)17-33-28)25-13-22(9-10-27(25)31-3)23-12-21(15-32-16-23)11-20-7-5-4-6-8-20/h4-10,12-17,31H,1-2,11H2,3H3,(H,33,34). The van der Waals surface area contributed by atoms with E-state index < -0.39 is 11.6 Å². The van der Waals surface area contributed by atoms with E-state index in [0.29, 0.717) is 11.3 Å². The van der Waals surface area contributed by atoms with Gasteiger partial charge < -0.3 is 10.6 Å². The van der Waals surface area contributed by atoms with Crippen molar-refractivity contribution in [2.24, 2.45) is 0 Å². The maximum Gasteiger partial charge on any atom is 0.168 e. The number of nitrogens with zero attached hydrogens (tertiary/aromatic N) is 2. The lowest BCUT2D eigenvalue weighted by molar-refractivity contribution is 0.576. The molecule has 0 saturated heterocycles. The highest BCUT2D eigenvalue weighted by atomic mass is 19.1. The molecule has 0 unspecified atom stereocenters. The van der Waals surface area contributed by atoms with Gasteiger partial charge in [-0.3, -0.25) is 4.98 Å². The predicted molar refractivity (Wildman–Crippen MR) is 134 cm³/mol. The molecule has 2 N–H and O–H groups in total. The molecule has 0 atom stereocenters. The summed E-state index contributed by atoms with van der Waals surface area (Å²) in [5, 5.41) is 5.95. The van der Waals surface area contributed by atoms with Crippen LogP contribution in [0.5, 0.6) is 0 Å². The first-order valence-corrected chi connectivity index (χ1v) is 10.7. The molecule has 6 heteroatoms. The molecule has 2 heterocycles. The van der Waals surface area contributed by atoms with E-state index in [4.69, 9.17) is 0 Å². The number of halogens is 2. The van der Waals surface area contributed by atoms with Crippen molar-refractivity contribution in [2.45, 2.75) is 6.42 Å². The monoisotopic (exact) mass is 454 g/mol. The van der Waals surface area contributed by atoms with E-state index in [1.165, 1.54) is 5.56 Å². The Balaban J connectivity index is 1.61. The fraction of sp³-hybridized carbons (Fsp3) is 0.0714. The first-order valence-electron chi connectivity index (χ1n) is 10.7. The van der Waals surface area contributed by atoms with Gasteiger partial charge >= 0.3 is 0 Å². The Labute approximate surface area is 197 Å². The third-order valence-electron chi connectivity index (χ3n) is 5.43. The van der Waals surface area contributed by atoms with Crippen LogP contribution >= 0.6 is 0 Å². The van der Waals surface area contributed by atoms with Gasteiger partial charge in [-0.25, -0.2) is 13.8 Å². The third-order valence-corrected chi connectivity index (χ3v) is 5.43. The summed E-state index contributed by atoms with van der Waals surface area (Å²) < 4.78 is 27.2. The highest BCUT2D eigenvalue weighted by molar-refractivity contribution is 5.88. The van der Waals surface area contributed by atoms with Crippen LogP contribution in [0.2, 0.25) is 0 Å². The molecular weight excluding hydrogens is 430 g/mol. The second-order valence-electron chi connectivity index (χ2n) is 7.82. The quantitative estimate of drug-likeness (QED) is 0.291. The molecule has 2 aromatic carbocycles. The van der Waals surface area contributed by atoms with E-state index in [2.05, 4.69) is 52.0 Å². The van der Waals surface area contributed by atoms with Gasteiger partial charge in [0.25, 0.3) is 0 Å². The Bertz CT molecular complexity index is 1350. The maximum absolute atomic E-state index is 14.0. The third kappa shape index (κ3) is 5.18. The average molecular weight is 455 g/mol. The lowest BCUT2D eigenvalue weighted by Crippen LogP contribution is -2.06. The zero-order valence-electron chi connectivity index (χ0n) is 18.8. The van der Waals surface area contributed by atoms with Crippen LogP contribution < -0.4 is 10.6 Å². The number of anilines is 2. The van der Waals surface area contributed by atoms with Gasteiger partial charge in [-0.15, -0.1) is 0 Å². The molecule has 170 valence electrons. The zero-order chi connectivity index (χ0) is 24.1. The lowest BCUT2D eigenvalue weighted by atomic mass is 9.96. The summed E-state index contributed by atoms with van der Waals surface area (Å²) in [7, 11) is 1.81. The van der Waals surface area contributed by atoms with Crippen molar-refractivity contribution >= 4 is 17.1 Å². The van der Waals surface area contributed by atoms with E-state index in [9.17, 15) is 8.78 Å². The van der Waals surface area contributed by atoms with Gasteiger partial charge in [0.2, 0.25) is 0 Å². The lowest BCUT2D eigenvalue weighted by Gasteiger charge is -2.17. The van der Waals surface area contributed by atoms with Gasteiger partial charge in [-0.05, 0) is 46.9 Å². The van der Waals surface area contributed by atoms with Crippen LogP contribution in [0.3, 0.4) is 0 Å². The van der Waals surface area contributed by atoms with Gasteiger partial charge in [0.15, 0.2) is 11.6 Å². The molecule has 0 fully saturated rings. The second-order valence-corrected chi connectivity index (χ2v) is 7.82. The largest absolute Gasteiger partial charge is 0.388 e. The molecular formula is C28H24F2N4. The summed E-state index contributed by atoms with van der Waals surface area (Å²) in [6, 6.07) is 19.0. The van der Waals surface area contributed by atoms with Crippen LogP contribution in [-0.2, 0) is 6.42 Å². The highest BCUT2D eigenvalue weighted by Crippen LogP contribution is 2.33. The summed E-state index contributed by atoms with van der Waals surface area (Å²) in [5.41, 5.74) is 6.75. The van der Waals surface area contributed by atoms with Gasteiger partial charge in [-0.2, -0.15) is 0 Å². The van der Waals surface area contributed by atoms with Crippen molar-refractivity contribution in [1.29, 1.82) is 0 Å². The van der Waals surface area contributed by atoms with Crippen LogP contribution in [0.15, 0.2) is 98.1 Å². The Morgan fingerprint density at radius 1 is 0.882 bits per heavy atom. The summed E-state index contributed by atoms with van der Waals surface area (Å²) in [6.45, 7) is 8.12. The smallest absolute Gasteiger partial charge is 0.168 e. The number of allylic oxidation sites excluding steroid dienone is 1. The van der Waals surface area contributed by atoms with Crippen LogP contribution in [0.25, 0.3) is 16.7 Å². The first-order chi connectivity index (χ1) is 16.4. The van der Waals surface area contributed by atoms with Gasteiger partial charge in [0.05, 0.1) is 6.20 Å². The van der Waals surface area contributed by atoms with Gasteiger partial charge in [0, 0.05) is 48.0 Å². The summed E-state index contributed by atoms with van der Waals surface area (Å²) >= 11 is 0. The molecule has 4 aromatic rings. The Morgan fingerprint density at radius 3 is 2.41 bits per heavy atom. The SMILES string of the molecule is C=C(Nc1ncc(F)cc1F)C(=C)c1cc(-c2cncc(Cc3ccccc3)c2)ccc1NC. The first kappa shape index (κ1) is 22.9. The predicted octanol–water partition coefficient (Wildman–Crippen LogP) is 6.69. The molecule has 0 spiro atoms. The molecule has 2 aromatic heterocycles. The Morgan fingerprint density at radius 2 is 1.68 bits per heavy atom. The van der Waals surface area contributed by atoms with E-state index in [1.54, 1.807) is 0 Å². The minimum absolute atomic E-state index is 0.118. The van der Waals surface area contributed by atoms with Crippen LogP contribution in [0, 0.1) is 11.6 Å². The minimum atomic E-state index is -0.808. The van der Waals surface area contributed by atoms with Crippen molar-refractivity contribution in [2.75, 3.05) is 17.7 Å². The van der Waals surface area contributed by atoms with E-state index in [-0.39, 0.29) is 5.82 Å². The summed E-state index contributed by atoms with van der Waals surface area (Å²) in [6.07, 6.45) is 5.41. The van der Waals surface area contributed by atoms with Crippen molar-refractivity contribution < 1.29 is 8.78 Å². The molecule has 34 heavy (non-hydrogen) atoms. The molecule has 4 nitrogen and oxygen atoms in total. The van der Waals surface area contributed by atoms with Gasteiger partial charge in [-0.1, -0.05) is 49.6 Å². The number of aromatic nitrogens is 2. The highest BCUT2D eigenvalue weighted by Gasteiger charge is 2.14. The topological polar surface area (TPSA) is 49.8 Å². The second kappa shape index (κ2) is 10.1. The van der Waals surface area contributed by atoms with Crippen molar-refractivity contribution in [3.8, 4) is 11.1 Å². The molecule has 4 rings (SSSR count). The van der Waals surface area contributed by atoms with Crippen LogP contribution in [0.4, 0.5) is 20.3 Å². The molecule has 0 saturated carbocycles. The minimum Gasteiger partial charge on any atom is -0.388 e. The number of pyridine rings is 2. The van der Waals surface area contributed by atoms with Gasteiger partial charge in [0.1, 0.15) is 5.82 Å². The van der Waals surface area contributed by atoms with E-state index >= 15 is 0 Å². The molecule has 0 aliphatic rings. The maximum atomic E-state index is 14.0. The number of benzene rings is 2. The zero-order valence-corrected chi connectivity index (χ0v) is 18.8. The normalized spacial score (nSPS) is 10.6. The van der Waals surface area contributed by atoms with Crippen molar-refractivity contribution in [1.82, 2.24) is 9.97 Å². The van der Waals surface area contributed by atoms with E-state index in [0.717, 1.165) is 46.6 Å². The average Bonchev–Trinajstić information content (AvgIpc) is 2.85. The van der Waals surface area contributed by atoms with E-state index in [1.807, 2.05) is 55.8 Å². The van der Waals surface area contributed by atoms with Crippen LogP contribution in [0.1, 0.15) is 16.7 Å². The van der Waals surface area contributed by atoms with Crippen LogP contribution in [-0.4, -0.2) is 17.0 Å². The Kier molecular flexibility index (Phi) is 6.78. The molecule has 0 aliphatic carbocycles. The summed E-state index contributed by atoms with van der Waals surface area (Å²) in [5.74, 6) is -1.67.